The molecule has 158 valence electrons. The molecule has 0 saturated carbocycles. The summed E-state index contributed by atoms with van der Waals surface area (Å²) >= 11 is 7.45. The fourth-order valence-corrected chi connectivity index (χ4v) is 3.80. The summed E-state index contributed by atoms with van der Waals surface area (Å²) in [6.45, 7) is -0.0527. The van der Waals surface area contributed by atoms with Crippen molar-refractivity contribution in [2.24, 2.45) is 0 Å². The van der Waals surface area contributed by atoms with Crippen molar-refractivity contribution >= 4 is 28.8 Å². The van der Waals surface area contributed by atoms with Gasteiger partial charge in [-0.1, -0.05) is 29.8 Å². The zero-order valence-electron chi connectivity index (χ0n) is 15.9. The number of hydrogen-bond acceptors (Lipinski definition) is 3. The molecule has 0 radical (unpaired) electrons. The topological polar surface area (TPSA) is 46.9 Å². The summed E-state index contributed by atoms with van der Waals surface area (Å²) in [4.78, 5) is 13.8. The van der Waals surface area contributed by atoms with Crippen molar-refractivity contribution in [1.29, 1.82) is 0 Å². The van der Waals surface area contributed by atoms with Crippen LogP contribution in [0.2, 0.25) is 5.02 Å². The Kier molecular flexibility index (Phi) is 5.84. The number of nitrogens with zero attached hydrogens (tertiary/aromatic N) is 2. The minimum atomic E-state index is -4.44. The fraction of sp³-hybridized carbons (Fsp3) is 0.0909. The van der Waals surface area contributed by atoms with E-state index in [4.69, 9.17) is 11.6 Å². The highest BCUT2D eigenvalue weighted by molar-refractivity contribution is 7.13. The van der Waals surface area contributed by atoms with Crippen molar-refractivity contribution < 1.29 is 18.0 Å². The Morgan fingerprint density at radius 3 is 2.52 bits per heavy atom. The molecule has 0 aliphatic rings. The van der Waals surface area contributed by atoms with Crippen molar-refractivity contribution in [3.63, 3.8) is 0 Å². The van der Waals surface area contributed by atoms with E-state index in [0.717, 1.165) is 17.0 Å². The van der Waals surface area contributed by atoms with Crippen LogP contribution >= 0.6 is 22.9 Å². The summed E-state index contributed by atoms with van der Waals surface area (Å²) in [5, 5.41) is 9.69. The predicted molar refractivity (Wildman–Crippen MR) is 115 cm³/mol. The number of nitrogens with one attached hydrogen (secondary N) is 1. The maximum absolute atomic E-state index is 12.9. The first-order valence-electron chi connectivity index (χ1n) is 9.15. The number of alkyl halides is 3. The van der Waals surface area contributed by atoms with E-state index in [9.17, 15) is 18.0 Å². The third kappa shape index (κ3) is 4.81. The number of amides is 1. The number of thiophene rings is 1. The number of benzene rings is 2. The molecule has 1 amide bonds. The second-order valence-corrected chi connectivity index (χ2v) is 8.05. The van der Waals surface area contributed by atoms with Crippen LogP contribution in [0.15, 0.2) is 72.1 Å². The van der Waals surface area contributed by atoms with Crippen LogP contribution < -0.4 is 5.32 Å². The molecule has 2 aromatic carbocycles. The number of halogens is 4. The maximum Gasteiger partial charge on any atom is 0.416 e. The lowest BCUT2D eigenvalue weighted by Crippen LogP contribution is -2.25. The molecule has 31 heavy (non-hydrogen) atoms. The largest absolute Gasteiger partial charge is 0.416 e. The normalized spacial score (nSPS) is 11.5. The molecule has 4 rings (SSSR count). The Balaban J connectivity index is 1.62. The third-order valence-corrected chi connectivity index (χ3v) is 5.64. The van der Waals surface area contributed by atoms with Crippen LogP contribution in [0, 0.1) is 0 Å². The average Bonchev–Trinajstić information content (AvgIpc) is 3.42. The van der Waals surface area contributed by atoms with Gasteiger partial charge in [-0.25, -0.2) is 4.68 Å². The lowest BCUT2D eigenvalue weighted by Gasteiger charge is -2.11. The molecule has 9 heteroatoms. The maximum atomic E-state index is 12.9. The molecule has 2 aromatic heterocycles. The van der Waals surface area contributed by atoms with Gasteiger partial charge in [0.25, 0.3) is 5.91 Å². The highest BCUT2D eigenvalue weighted by Crippen LogP contribution is 2.30. The predicted octanol–water partition coefficient (Wildman–Crippen LogP) is 6.20. The third-order valence-electron chi connectivity index (χ3n) is 4.49. The SMILES string of the molecule is O=C(NCc1cccc(C(F)(F)F)c1)c1cc(-c2cccs2)nn1-c1ccc(Cl)cc1. The van der Waals surface area contributed by atoms with Crippen LogP contribution in [0.4, 0.5) is 13.2 Å². The Labute approximate surface area is 184 Å². The first-order chi connectivity index (χ1) is 14.8. The standard InChI is InChI=1S/C22H15ClF3N3OS/c23-16-6-8-17(9-7-16)29-19(12-18(28-29)20-5-2-10-31-20)21(30)27-13-14-3-1-4-15(11-14)22(24,25)26/h1-12H,13H2,(H,27,30). The average molecular weight is 462 g/mol. The summed E-state index contributed by atoms with van der Waals surface area (Å²) in [6, 6.07) is 17.1. The Hall–Kier alpha value is -3.10. The van der Waals surface area contributed by atoms with Crippen molar-refractivity contribution in [3.05, 3.63) is 94.0 Å². The lowest BCUT2D eigenvalue weighted by atomic mass is 10.1. The second-order valence-electron chi connectivity index (χ2n) is 6.66. The van der Waals surface area contributed by atoms with Crippen LogP contribution in [0.25, 0.3) is 16.3 Å². The molecule has 0 aliphatic carbocycles. The minimum absolute atomic E-state index is 0.0527. The van der Waals surface area contributed by atoms with Gasteiger partial charge in [0, 0.05) is 11.6 Å². The molecule has 0 aliphatic heterocycles. The van der Waals surface area contributed by atoms with E-state index in [1.807, 2.05) is 17.5 Å². The van der Waals surface area contributed by atoms with Crippen LogP contribution in [-0.4, -0.2) is 15.7 Å². The summed E-state index contributed by atoms with van der Waals surface area (Å²) in [7, 11) is 0. The molecule has 4 aromatic rings. The van der Waals surface area contributed by atoms with Crippen LogP contribution in [0.3, 0.4) is 0 Å². The first kappa shape index (κ1) is 21.1. The number of rotatable bonds is 5. The molecule has 0 unspecified atom stereocenters. The number of carbonyl (C=O) groups excluding carboxylic acids is 1. The van der Waals surface area contributed by atoms with Gasteiger partial charge >= 0.3 is 6.18 Å². The monoisotopic (exact) mass is 461 g/mol. The van der Waals surface area contributed by atoms with Crippen molar-refractivity contribution in [2.75, 3.05) is 0 Å². The van der Waals surface area contributed by atoms with Crippen molar-refractivity contribution in [3.8, 4) is 16.3 Å². The van der Waals surface area contributed by atoms with Gasteiger partial charge in [0.15, 0.2) is 0 Å². The molecule has 0 atom stereocenters. The van der Waals surface area contributed by atoms with E-state index in [1.54, 1.807) is 30.3 Å². The lowest BCUT2D eigenvalue weighted by molar-refractivity contribution is -0.137. The van der Waals surface area contributed by atoms with Gasteiger partial charge in [-0.3, -0.25) is 4.79 Å². The van der Waals surface area contributed by atoms with Crippen LogP contribution in [0.5, 0.6) is 0 Å². The molecule has 0 spiro atoms. The molecule has 1 N–H and O–H groups in total. The number of hydrogen-bond donors (Lipinski definition) is 1. The molecular formula is C22H15ClF3N3OS. The van der Waals surface area contributed by atoms with Gasteiger partial charge in [0.1, 0.15) is 11.4 Å². The molecule has 0 bridgehead atoms. The summed E-state index contributed by atoms with van der Waals surface area (Å²) in [6.07, 6.45) is -4.44. The molecule has 0 fully saturated rings. The van der Waals surface area contributed by atoms with E-state index in [2.05, 4.69) is 10.4 Å². The van der Waals surface area contributed by atoms with Crippen molar-refractivity contribution in [1.82, 2.24) is 15.1 Å². The summed E-state index contributed by atoms with van der Waals surface area (Å²) in [5.74, 6) is -0.456. The van der Waals surface area contributed by atoms with E-state index in [1.165, 1.54) is 28.2 Å². The van der Waals surface area contributed by atoms with Crippen LogP contribution in [0.1, 0.15) is 21.6 Å². The second kappa shape index (κ2) is 8.56. The zero-order chi connectivity index (χ0) is 22.0. The Bertz CT molecular complexity index is 1200. The molecule has 4 nitrogen and oxygen atoms in total. The zero-order valence-corrected chi connectivity index (χ0v) is 17.4. The highest BCUT2D eigenvalue weighted by atomic mass is 35.5. The van der Waals surface area contributed by atoms with Crippen molar-refractivity contribution in [2.45, 2.75) is 12.7 Å². The minimum Gasteiger partial charge on any atom is -0.347 e. The van der Waals surface area contributed by atoms with Gasteiger partial charge in [0.2, 0.25) is 0 Å². The summed E-state index contributed by atoms with van der Waals surface area (Å²) < 4.78 is 40.3. The smallest absolute Gasteiger partial charge is 0.347 e. The van der Waals surface area contributed by atoms with Gasteiger partial charge in [0.05, 0.1) is 16.1 Å². The molecule has 2 heterocycles. The summed E-state index contributed by atoms with van der Waals surface area (Å²) in [5.41, 5.74) is 1.10. The van der Waals surface area contributed by atoms with E-state index < -0.39 is 17.6 Å². The van der Waals surface area contributed by atoms with E-state index in [-0.39, 0.29) is 12.2 Å². The number of aromatic nitrogens is 2. The van der Waals surface area contributed by atoms with Gasteiger partial charge in [-0.05, 0) is 59.5 Å². The molecular weight excluding hydrogens is 447 g/mol. The quantitative estimate of drug-likeness (QED) is 0.384. The van der Waals surface area contributed by atoms with Gasteiger partial charge in [-0.2, -0.15) is 18.3 Å². The van der Waals surface area contributed by atoms with Gasteiger partial charge < -0.3 is 5.32 Å². The Morgan fingerprint density at radius 2 is 1.84 bits per heavy atom. The Morgan fingerprint density at radius 1 is 1.06 bits per heavy atom. The van der Waals surface area contributed by atoms with E-state index in [0.29, 0.717) is 22.0 Å². The highest BCUT2D eigenvalue weighted by Gasteiger charge is 2.30. The van der Waals surface area contributed by atoms with Crippen LogP contribution in [-0.2, 0) is 12.7 Å². The fourth-order valence-electron chi connectivity index (χ4n) is 3.00. The number of carbonyl (C=O) groups is 1. The molecule has 0 saturated heterocycles. The van der Waals surface area contributed by atoms with E-state index >= 15 is 0 Å². The first-order valence-corrected chi connectivity index (χ1v) is 10.4. The van der Waals surface area contributed by atoms with Gasteiger partial charge in [-0.15, -0.1) is 11.3 Å².